The van der Waals surface area contributed by atoms with Gasteiger partial charge >= 0.3 is 6.41 Å². The average Bonchev–Trinajstić information content (AvgIpc) is 2.17. The SMILES string of the molecule is O=[C]N1CC(C(=O)N2CCC(O)CC2)C1. The number of aliphatic hydroxyl groups excluding tert-OH is 1. The molecule has 0 aromatic carbocycles. The summed E-state index contributed by atoms with van der Waals surface area (Å²) in [5.74, 6) is 0.0788. The Balaban J connectivity index is 1.79. The number of amides is 2. The molecule has 2 amide bonds. The van der Waals surface area contributed by atoms with Gasteiger partial charge in [-0.25, -0.2) is 0 Å². The molecule has 1 radical (unpaired) electrons. The van der Waals surface area contributed by atoms with E-state index >= 15 is 0 Å². The number of hydrogen-bond acceptors (Lipinski definition) is 3. The van der Waals surface area contributed by atoms with Crippen LogP contribution in [0.25, 0.3) is 0 Å². The molecule has 5 nitrogen and oxygen atoms in total. The first-order chi connectivity index (χ1) is 7.20. The quantitative estimate of drug-likeness (QED) is 0.635. The average molecular weight is 211 g/mol. The summed E-state index contributed by atoms with van der Waals surface area (Å²) in [5, 5.41) is 9.30. The normalized spacial score (nSPS) is 23.8. The molecule has 0 spiro atoms. The van der Waals surface area contributed by atoms with Crippen LogP contribution < -0.4 is 0 Å². The predicted octanol–water partition coefficient (Wildman–Crippen LogP) is -1.03. The highest BCUT2D eigenvalue weighted by Gasteiger charge is 2.35. The second kappa shape index (κ2) is 4.18. The van der Waals surface area contributed by atoms with Gasteiger partial charge in [-0.2, -0.15) is 0 Å². The van der Waals surface area contributed by atoms with Crippen molar-refractivity contribution in [3.63, 3.8) is 0 Å². The monoisotopic (exact) mass is 211 g/mol. The maximum atomic E-state index is 11.8. The summed E-state index contributed by atoms with van der Waals surface area (Å²) < 4.78 is 0. The number of aliphatic hydroxyl groups is 1. The molecule has 2 saturated heterocycles. The molecule has 2 rings (SSSR count). The fourth-order valence-corrected chi connectivity index (χ4v) is 2.05. The van der Waals surface area contributed by atoms with Crippen molar-refractivity contribution >= 4 is 12.3 Å². The fraction of sp³-hybridized carbons (Fsp3) is 0.800. The zero-order valence-corrected chi connectivity index (χ0v) is 8.56. The van der Waals surface area contributed by atoms with Crippen LogP contribution in [0, 0.1) is 5.92 Å². The minimum absolute atomic E-state index is 0.0401. The lowest BCUT2D eigenvalue weighted by Gasteiger charge is -2.39. The van der Waals surface area contributed by atoms with Crippen molar-refractivity contribution < 1.29 is 14.7 Å². The third-order valence-corrected chi connectivity index (χ3v) is 3.14. The second-order valence-corrected chi connectivity index (χ2v) is 4.25. The first kappa shape index (κ1) is 10.4. The van der Waals surface area contributed by atoms with Crippen LogP contribution in [0.4, 0.5) is 0 Å². The van der Waals surface area contributed by atoms with Gasteiger partial charge in [-0.3, -0.25) is 9.59 Å². The van der Waals surface area contributed by atoms with Gasteiger partial charge in [-0.1, -0.05) is 0 Å². The maximum absolute atomic E-state index is 11.8. The van der Waals surface area contributed by atoms with Gasteiger partial charge in [0.15, 0.2) is 0 Å². The van der Waals surface area contributed by atoms with E-state index in [0.29, 0.717) is 39.0 Å². The molecule has 83 valence electrons. The number of carbonyl (C=O) groups is 1. The van der Waals surface area contributed by atoms with Crippen LogP contribution >= 0.6 is 0 Å². The lowest BCUT2D eigenvalue weighted by atomic mass is 9.97. The molecule has 2 fully saturated rings. The van der Waals surface area contributed by atoms with Crippen molar-refractivity contribution in [2.45, 2.75) is 18.9 Å². The Kier molecular flexibility index (Phi) is 2.90. The van der Waals surface area contributed by atoms with Crippen LogP contribution in [0.15, 0.2) is 0 Å². The van der Waals surface area contributed by atoms with E-state index in [0.717, 1.165) is 0 Å². The molecule has 0 aromatic heterocycles. The Morgan fingerprint density at radius 1 is 1.27 bits per heavy atom. The van der Waals surface area contributed by atoms with E-state index in [2.05, 4.69) is 0 Å². The van der Waals surface area contributed by atoms with Crippen LogP contribution in [-0.2, 0) is 9.59 Å². The molecule has 2 aliphatic rings. The Bertz CT molecular complexity index is 255. The molecule has 15 heavy (non-hydrogen) atoms. The molecular weight excluding hydrogens is 196 g/mol. The Morgan fingerprint density at radius 2 is 1.87 bits per heavy atom. The number of rotatable bonds is 2. The molecule has 0 unspecified atom stereocenters. The lowest BCUT2D eigenvalue weighted by molar-refractivity contribution is -0.141. The van der Waals surface area contributed by atoms with Gasteiger partial charge in [-0.15, -0.1) is 0 Å². The first-order valence-corrected chi connectivity index (χ1v) is 5.30. The second-order valence-electron chi connectivity index (χ2n) is 4.25. The van der Waals surface area contributed by atoms with Crippen molar-refractivity contribution in [2.75, 3.05) is 26.2 Å². The van der Waals surface area contributed by atoms with E-state index in [1.807, 2.05) is 0 Å². The summed E-state index contributed by atoms with van der Waals surface area (Å²) in [6.07, 6.45) is 2.85. The van der Waals surface area contributed by atoms with E-state index < -0.39 is 0 Å². The molecule has 0 bridgehead atoms. The molecular formula is C10H15N2O3. The topological polar surface area (TPSA) is 60.9 Å². The van der Waals surface area contributed by atoms with Crippen molar-refractivity contribution in [1.29, 1.82) is 0 Å². The van der Waals surface area contributed by atoms with Crippen molar-refractivity contribution in [3.8, 4) is 0 Å². The van der Waals surface area contributed by atoms with Crippen LogP contribution in [0.2, 0.25) is 0 Å². The number of carbonyl (C=O) groups excluding carboxylic acids is 2. The van der Waals surface area contributed by atoms with E-state index in [9.17, 15) is 14.7 Å². The molecule has 5 heteroatoms. The Hall–Kier alpha value is -1.10. The summed E-state index contributed by atoms with van der Waals surface area (Å²) in [6.45, 7) is 2.28. The standard InChI is InChI=1S/C10H15N2O3/c13-7-11-5-8(6-11)10(15)12-3-1-9(14)2-4-12/h8-9,14H,1-6H2. The smallest absolute Gasteiger partial charge is 0.312 e. The number of likely N-dealkylation sites (tertiary alicyclic amines) is 2. The molecule has 2 aliphatic heterocycles. The van der Waals surface area contributed by atoms with Gasteiger partial charge < -0.3 is 14.9 Å². The number of nitrogens with zero attached hydrogens (tertiary/aromatic N) is 2. The van der Waals surface area contributed by atoms with Gasteiger partial charge in [0.05, 0.1) is 12.0 Å². The van der Waals surface area contributed by atoms with Gasteiger partial charge in [0.2, 0.25) is 5.91 Å². The van der Waals surface area contributed by atoms with Crippen molar-refractivity contribution in [3.05, 3.63) is 0 Å². The molecule has 1 N–H and O–H groups in total. The molecule has 0 aliphatic carbocycles. The summed E-state index contributed by atoms with van der Waals surface area (Å²) in [6, 6.07) is 0. The number of hydrogen-bond donors (Lipinski definition) is 1. The summed E-state index contributed by atoms with van der Waals surface area (Å²) in [4.78, 5) is 25.3. The molecule has 0 aromatic rings. The van der Waals surface area contributed by atoms with Gasteiger partial charge in [0.1, 0.15) is 0 Å². The Labute approximate surface area is 88.6 Å². The zero-order valence-electron chi connectivity index (χ0n) is 8.56. The minimum atomic E-state index is -0.254. The number of piperidine rings is 1. The highest BCUT2D eigenvalue weighted by atomic mass is 16.3. The third-order valence-electron chi connectivity index (χ3n) is 3.14. The highest BCUT2D eigenvalue weighted by molar-refractivity contribution is 5.81. The van der Waals surface area contributed by atoms with Crippen molar-refractivity contribution in [1.82, 2.24) is 9.80 Å². The van der Waals surface area contributed by atoms with E-state index in [1.54, 1.807) is 11.3 Å². The van der Waals surface area contributed by atoms with Crippen molar-refractivity contribution in [2.24, 2.45) is 5.92 Å². The van der Waals surface area contributed by atoms with Gasteiger partial charge in [-0.05, 0) is 12.8 Å². The largest absolute Gasteiger partial charge is 0.393 e. The van der Waals surface area contributed by atoms with Crippen LogP contribution in [-0.4, -0.2) is 59.5 Å². The van der Waals surface area contributed by atoms with Gasteiger partial charge in [0.25, 0.3) is 0 Å². The molecule has 0 atom stereocenters. The summed E-state index contributed by atoms with van der Waals surface area (Å²) >= 11 is 0. The van der Waals surface area contributed by atoms with E-state index in [4.69, 9.17) is 0 Å². The predicted molar refractivity (Wildman–Crippen MR) is 52.6 cm³/mol. The van der Waals surface area contributed by atoms with E-state index in [-0.39, 0.29) is 17.9 Å². The zero-order chi connectivity index (χ0) is 10.8. The minimum Gasteiger partial charge on any atom is -0.393 e. The maximum Gasteiger partial charge on any atom is 0.312 e. The van der Waals surface area contributed by atoms with Crippen LogP contribution in [0.1, 0.15) is 12.8 Å². The molecule has 2 heterocycles. The fourth-order valence-electron chi connectivity index (χ4n) is 2.05. The van der Waals surface area contributed by atoms with Crippen LogP contribution in [0.3, 0.4) is 0 Å². The summed E-state index contributed by atoms with van der Waals surface area (Å²) in [5.41, 5.74) is 0. The Morgan fingerprint density at radius 3 is 2.40 bits per heavy atom. The lowest BCUT2D eigenvalue weighted by Crippen LogP contribution is -2.55. The third kappa shape index (κ3) is 2.12. The highest BCUT2D eigenvalue weighted by Crippen LogP contribution is 2.19. The van der Waals surface area contributed by atoms with E-state index in [1.165, 1.54) is 4.90 Å². The molecule has 0 saturated carbocycles. The van der Waals surface area contributed by atoms with Crippen LogP contribution in [0.5, 0.6) is 0 Å². The summed E-state index contributed by atoms with van der Waals surface area (Å²) in [7, 11) is 0. The van der Waals surface area contributed by atoms with Gasteiger partial charge in [0, 0.05) is 26.2 Å². The first-order valence-electron chi connectivity index (χ1n) is 5.30.